The van der Waals surface area contributed by atoms with E-state index in [-0.39, 0.29) is 11.7 Å². The predicted octanol–water partition coefficient (Wildman–Crippen LogP) is 3.19. The van der Waals surface area contributed by atoms with E-state index in [2.05, 4.69) is 0 Å². The highest BCUT2D eigenvalue weighted by Gasteiger charge is 2.17. The number of ketones is 1. The standard InChI is InChI=1S/C16H16O4/c1-11(17)15-10-14(20-16(15)19-12(2)18)9-8-13-6-4-3-5-7-13/h3-7,10H,8-9H2,1-2H3. The predicted molar refractivity (Wildman–Crippen MR) is 73.9 cm³/mol. The van der Waals surface area contributed by atoms with Crippen molar-refractivity contribution >= 4 is 11.8 Å². The maximum Gasteiger partial charge on any atom is 0.310 e. The SMILES string of the molecule is CC(=O)Oc1oc(CCc2ccccc2)cc1C(C)=O. The second kappa shape index (κ2) is 6.19. The lowest BCUT2D eigenvalue weighted by Crippen LogP contribution is -2.03. The van der Waals surface area contributed by atoms with E-state index < -0.39 is 5.97 Å². The number of hydrogen-bond acceptors (Lipinski definition) is 4. The van der Waals surface area contributed by atoms with Gasteiger partial charge in [-0.3, -0.25) is 9.59 Å². The Hall–Kier alpha value is -2.36. The number of furan rings is 1. The lowest BCUT2D eigenvalue weighted by Gasteiger charge is -1.99. The van der Waals surface area contributed by atoms with E-state index in [0.29, 0.717) is 17.7 Å². The van der Waals surface area contributed by atoms with E-state index in [1.54, 1.807) is 6.07 Å². The summed E-state index contributed by atoms with van der Waals surface area (Å²) in [5.41, 5.74) is 1.49. The average Bonchev–Trinajstić information content (AvgIpc) is 2.80. The minimum Gasteiger partial charge on any atom is -0.430 e. The zero-order chi connectivity index (χ0) is 14.5. The minimum atomic E-state index is -0.503. The number of hydrogen-bond donors (Lipinski definition) is 0. The lowest BCUT2D eigenvalue weighted by atomic mass is 10.1. The molecule has 1 heterocycles. The van der Waals surface area contributed by atoms with Crippen LogP contribution < -0.4 is 4.74 Å². The number of aryl methyl sites for hydroxylation is 2. The van der Waals surface area contributed by atoms with Gasteiger partial charge in [-0.1, -0.05) is 30.3 Å². The summed E-state index contributed by atoms with van der Waals surface area (Å²) in [4.78, 5) is 22.5. The Morgan fingerprint density at radius 3 is 2.40 bits per heavy atom. The molecule has 104 valence electrons. The molecule has 0 N–H and O–H groups in total. The lowest BCUT2D eigenvalue weighted by molar-refractivity contribution is -0.133. The zero-order valence-electron chi connectivity index (χ0n) is 11.5. The molecule has 0 unspecified atom stereocenters. The van der Waals surface area contributed by atoms with Gasteiger partial charge in [0.1, 0.15) is 11.3 Å². The normalized spacial score (nSPS) is 10.3. The summed E-state index contributed by atoms with van der Waals surface area (Å²) in [6.07, 6.45) is 1.44. The molecule has 0 radical (unpaired) electrons. The third-order valence-corrected chi connectivity index (χ3v) is 2.87. The van der Waals surface area contributed by atoms with E-state index in [9.17, 15) is 9.59 Å². The van der Waals surface area contributed by atoms with Crippen LogP contribution in [0, 0.1) is 0 Å². The van der Waals surface area contributed by atoms with Gasteiger partial charge < -0.3 is 9.15 Å². The van der Waals surface area contributed by atoms with Crippen molar-refractivity contribution in [2.45, 2.75) is 26.7 Å². The fraction of sp³-hybridized carbons (Fsp3) is 0.250. The molecule has 0 aliphatic rings. The van der Waals surface area contributed by atoms with Gasteiger partial charge in [-0.25, -0.2) is 0 Å². The third-order valence-electron chi connectivity index (χ3n) is 2.87. The molecule has 0 aliphatic carbocycles. The monoisotopic (exact) mass is 272 g/mol. The van der Waals surface area contributed by atoms with Gasteiger partial charge in [0.05, 0.1) is 0 Å². The minimum absolute atomic E-state index is 0.00642. The van der Waals surface area contributed by atoms with Crippen molar-refractivity contribution in [3.8, 4) is 5.95 Å². The largest absolute Gasteiger partial charge is 0.430 e. The first-order chi connectivity index (χ1) is 9.56. The summed E-state index contributed by atoms with van der Waals surface area (Å²) in [6.45, 7) is 2.69. The third kappa shape index (κ3) is 3.57. The van der Waals surface area contributed by atoms with Crippen molar-refractivity contribution in [1.82, 2.24) is 0 Å². The molecule has 1 aromatic heterocycles. The molecule has 0 bridgehead atoms. The van der Waals surface area contributed by atoms with Crippen molar-refractivity contribution < 1.29 is 18.7 Å². The Kier molecular flexibility index (Phi) is 4.35. The molecular formula is C16H16O4. The number of Topliss-reactive ketones (excluding diaryl/α,β-unsaturated/α-hetero) is 1. The van der Waals surface area contributed by atoms with Gasteiger partial charge in [-0.05, 0) is 25.0 Å². The van der Waals surface area contributed by atoms with Crippen LogP contribution in [0.1, 0.15) is 35.5 Å². The molecule has 0 amide bonds. The number of benzene rings is 1. The van der Waals surface area contributed by atoms with Crippen molar-refractivity contribution in [1.29, 1.82) is 0 Å². The number of ether oxygens (including phenoxy) is 1. The summed E-state index contributed by atoms with van der Waals surface area (Å²) < 4.78 is 10.4. The first-order valence-electron chi connectivity index (χ1n) is 6.42. The molecular weight excluding hydrogens is 256 g/mol. The van der Waals surface area contributed by atoms with Crippen LogP contribution in [0.4, 0.5) is 0 Å². The van der Waals surface area contributed by atoms with Crippen molar-refractivity contribution in [3.63, 3.8) is 0 Å². The highest BCUT2D eigenvalue weighted by molar-refractivity contribution is 5.96. The summed E-state index contributed by atoms with van der Waals surface area (Å²) in [6, 6.07) is 11.6. The molecule has 1 aromatic carbocycles. The maximum atomic E-state index is 11.5. The van der Waals surface area contributed by atoms with Gasteiger partial charge in [0.2, 0.25) is 0 Å². The number of carbonyl (C=O) groups excluding carboxylic acids is 2. The van der Waals surface area contributed by atoms with E-state index in [4.69, 9.17) is 9.15 Å². The topological polar surface area (TPSA) is 56.5 Å². The Morgan fingerprint density at radius 2 is 1.80 bits per heavy atom. The smallest absolute Gasteiger partial charge is 0.310 e. The summed E-state index contributed by atoms with van der Waals surface area (Å²) >= 11 is 0. The number of esters is 1. The molecule has 2 aromatic rings. The first kappa shape index (κ1) is 14.1. The van der Waals surface area contributed by atoms with Crippen LogP contribution in [0.25, 0.3) is 0 Å². The van der Waals surface area contributed by atoms with Gasteiger partial charge in [0.25, 0.3) is 0 Å². The van der Waals surface area contributed by atoms with Gasteiger partial charge in [0, 0.05) is 13.3 Å². The maximum absolute atomic E-state index is 11.5. The van der Waals surface area contributed by atoms with Gasteiger partial charge in [-0.2, -0.15) is 0 Å². The summed E-state index contributed by atoms with van der Waals surface area (Å²) in [7, 11) is 0. The fourth-order valence-electron chi connectivity index (χ4n) is 1.91. The summed E-state index contributed by atoms with van der Waals surface area (Å²) in [5.74, 6) is -0.0595. The highest BCUT2D eigenvalue weighted by atomic mass is 16.6. The van der Waals surface area contributed by atoms with E-state index in [0.717, 1.165) is 6.42 Å². The molecule has 0 aliphatic heterocycles. The molecule has 0 saturated carbocycles. The zero-order valence-corrected chi connectivity index (χ0v) is 11.5. The van der Waals surface area contributed by atoms with Crippen molar-refractivity contribution in [3.05, 3.63) is 53.3 Å². The van der Waals surface area contributed by atoms with Crippen LogP contribution in [0.3, 0.4) is 0 Å². The first-order valence-corrected chi connectivity index (χ1v) is 6.42. The Labute approximate surface area is 117 Å². The van der Waals surface area contributed by atoms with Crippen LogP contribution in [0.2, 0.25) is 0 Å². The summed E-state index contributed by atoms with van der Waals surface area (Å²) in [5, 5.41) is 0. The molecule has 4 nitrogen and oxygen atoms in total. The fourth-order valence-corrected chi connectivity index (χ4v) is 1.91. The van der Waals surface area contributed by atoms with Gasteiger partial charge >= 0.3 is 11.9 Å². The molecule has 0 fully saturated rings. The van der Waals surface area contributed by atoms with Gasteiger partial charge in [-0.15, -0.1) is 0 Å². The van der Waals surface area contributed by atoms with Crippen LogP contribution >= 0.6 is 0 Å². The number of carbonyl (C=O) groups is 2. The van der Waals surface area contributed by atoms with Gasteiger partial charge in [0.15, 0.2) is 5.78 Å². The molecule has 20 heavy (non-hydrogen) atoms. The second-order valence-corrected chi connectivity index (χ2v) is 4.55. The Balaban J connectivity index is 2.12. The molecule has 0 atom stereocenters. The van der Waals surface area contributed by atoms with Crippen molar-refractivity contribution in [2.75, 3.05) is 0 Å². The van der Waals surface area contributed by atoms with Crippen molar-refractivity contribution in [2.24, 2.45) is 0 Å². The van der Waals surface area contributed by atoms with E-state index in [1.807, 2.05) is 30.3 Å². The van der Waals surface area contributed by atoms with E-state index >= 15 is 0 Å². The Morgan fingerprint density at radius 1 is 1.10 bits per heavy atom. The van der Waals surface area contributed by atoms with Crippen LogP contribution in [0.5, 0.6) is 5.95 Å². The number of rotatable bonds is 5. The molecule has 0 saturated heterocycles. The van der Waals surface area contributed by atoms with E-state index in [1.165, 1.54) is 19.4 Å². The van der Waals surface area contributed by atoms with Crippen LogP contribution in [0.15, 0.2) is 40.8 Å². The molecule has 0 spiro atoms. The quantitative estimate of drug-likeness (QED) is 0.619. The molecule has 4 heteroatoms. The highest BCUT2D eigenvalue weighted by Crippen LogP contribution is 2.25. The second-order valence-electron chi connectivity index (χ2n) is 4.55. The van der Waals surface area contributed by atoms with Crippen LogP contribution in [-0.4, -0.2) is 11.8 Å². The van der Waals surface area contributed by atoms with Crippen LogP contribution in [-0.2, 0) is 17.6 Å². The molecule has 2 rings (SSSR count). The Bertz CT molecular complexity index is 611. The average molecular weight is 272 g/mol.